The van der Waals surface area contributed by atoms with E-state index >= 15 is 0 Å². The minimum absolute atomic E-state index is 0.282. The van der Waals surface area contributed by atoms with Gasteiger partial charge in [-0.3, -0.25) is 19.4 Å². The molecule has 0 spiro atoms. The van der Waals surface area contributed by atoms with Gasteiger partial charge in [-0.1, -0.05) is 17.7 Å². The van der Waals surface area contributed by atoms with Gasteiger partial charge in [0.05, 0.1) is 12.2 Å². The summed E-state index contributed by atoms with van der Waals surface area (Å²) in [5, 5.41) is 9.70. The summed E-state index contributed by atoms with van der Waals surface area (Å²) in [5.41, 5.74) is 2.60. The van der Waals surface area contributed by atoms with Crippen molar-refractivity contribution in [1.29, 1.82) is 0 Å². The number of fused-ring (bicyclic) bond motifs is 1. The molecule has 26 heavy (non-hydrogen) atoms. The second-order valence-electron chi connectivity index (χ2n) is 5.96. The van der Waals surface area contributed by atoms with Gasteiger partial charge in [-0.25, -0.2) is 9.50 Å². The van der Waals surface area contributed by atoms with Crippen molar-refractivity contribution in [3.63, 3.8) is 0 Å². The Bertz CT molecular complexity index is 1120. The molecule has 0 bridgehead atoms. The van der Waals surface area contributed by atoms with E-state index in [9.17, 15) is 9.59 Å². The Morgan fingerprint density at radius 3 is 2.81 bits per heavy atom. The zero-order chi connectivity index (χ0) is 18.1. The lowest BCUT2D eigenvalue weighted by atomic mass is 10.2. The molecule has 0 radical (unpaired) electrons. The quantitative estimate of drug-likeness (QED) is 0.588. The third-order valence-electron chi connectivity index (χ3n) is 3.99. The van der Waals surface area contributed by atoms with Crippen LogP contribution in [0.15, 0.2) is 59.8 Å². The maximum Gasteiger partial charge on any atom is 0.272 e. The average Bonchev–Trinajstić information content (AvgIpc) is 3.27. The van der Waals surface area contributed by atoms with E-state index < -0.39 is 0 Å². The molecular weight excluding hydrogens is 332 g/mol. The van der Waals surface area contributed by atoms with Gasteiger partial charge < -0.3 is 5.32 Å². The molecule has 130 valence electrons. The first-order valence-electron chi connectivity index (χ1n) is 8.06. The van der Waals surface area contributed by atoms with E-state index in [1.807, 2.05) is 31.2 Å². The molecular formula is C18H16N6O2. The Morgan fingerprint density at radius 2 is 2.08 bits per heavy atom. The van der Waals surface area contributed by atoms with Crippen LogP contribution in [0.3, 0.4) is 0 Å². The van der Waals surface area contributed by atoms with Crippen LogP contribution in [0, 0.1) is 6.92 Å². The van der Waals surface area contributed by atoms with Crippen LogP contribution in [0.4, 0.5) is 5.69 Å². The first kappa shape index (κ1) is 15.8. The SMILES string of the molecule is Cc1ccc(NC(=O)c2c[nH]n3c(=O)cc(Cn4cccn4)nc23)cc1. The molecule has 2 N–H and O–H groups in total. The lowest BCUT2D eigenvalue weighted by Crippen LogP contribution is -2.18. The molecule has 0 aliphatic heterocycles. The van der Waals surface area contributed by atoms with Crippen molar-refractivity contribution in [2.75, 3.05) is 5.32 Å². The van der Waals surface area contributed by atoms with Gasteiger partial charge in [0, 0.05) is 30.3 Å². The highest BCUT2D eigenvalue weighted by atomic mass is 16.2. The van der Waals surface area contributed by atoms with Crippen LogP contribution in [0.25, 0.3) is 5.65 Å². The van der Waals surface area contributed by atoms with Crippen molar-refractivity contribution in [2.45, 2.75) is 13.5 Å². The normalized spacial score (nSPS) is 11.0. The molecule has 0 atom stereocenters. The number of carbonyl (C=O) groups is 1. The number of nitrogens with one attached hydrogen (secondary N) is 2. The predicted molar refractivity (Wildman–Crippen MR) is 96.3 cm³/mol. The highest BCUT2D eigenvalue weighted by Crippen LogP contribution is 2.13. The van der Waals surface area contributed by atoms with Gasteiger partial charge in [-0.15, -0.1) is 0 Å². The fourth-order valence-corrected chi connectivity index (χ4v) is 2.67. The lowest BCUT2D eigenvalue weighted by molar-refractivity contribution is 0.102. The van der Waals surface area contributed by atoms with Crippen molar-refractivity contribution in [1.82, 2.24) is 24.4 Å². The molecule has 4 rings (SSSR count). The van der Waals surface area contributed by atoms with Crippen LogP contribution < -0.4 is 10.9 Å². The number of aryl methyl sites for hydroxylation is 1. The highest BCUT2D eigenvalue weighted by Gasteiger charge is 2.16. The minimum Gasteiger partial charge on any atom is -0.322 e. The largest absolute Gasteiger partial charge is 0.322 e. The Hall–Kier alpha value is -3.68. The van der Waals surface area contributed by atoms with Crippen molar-refractivity contribution >= 4 is 17.2 Å². The number of amides is 1. The summed E-state index contributed by atoms with van der Waals surface area (Å²) in [6.45, 7) is 2.33. The number of rotatable bonds is 4. The van der Waals surface area contributed by atoms with Gasteiger partial charge in [0.1, 0.15) is 5.56 Å². The number of carbonyl (C=O) groups excluding carboxylic acids is 1. The third kappa shape index (κ3) is 3.00. The third-order valence-corrected chi connectivity index (χ3v) is 3.99. The molecule has 8 nitrogen and oxygen atoms in total. The molecule has 8 heteroatoms. The number of hydrogen-bond acceptors (Lipinski definition) is 4. The first-order chi connectivity index (χ1) is 12.6. The van der Waals surface area contributed by atoms with Crippen molar-refractivity contribution in [3.05, 3.63) is 82.2 Å². The maximum atomic E-state index is 12.6. The highest BCUT2D eigenvalue weighted by molar-refractivity contribution is 6.08. The molecule has 0 saturated carbocycles. The van der Waals surface area contributed by atoms with Crippen LogP contribution in [0.2, 0.25) is 0 Å². The van der Waals surface area contributed by atoms with Gasteiger partial charge >= 0.3 is 0 Å². The first-order valence-corrected chi connectivity index (χ1v) is 8.06. The monoisotopic (exact) mass is 348 g/mol. The molecule has 1 aromatic carbocycles. The molecule has 0 saturated heterocycles. The Balaban J connectivity index is 1.68. The molecule has 0 unspecified atom stereocenters. The summed E-state index contributed by atoms with van der Waals surface area (Å²) in [7, 11) is 0. The number of H-pyrrole nitrogens is 1. The summed E-state index contributed by atoms with van der Waals surface area (Å²) in [4.78, 5) is 29.4. The zero-order valence-corrected chi connectivity index (χ0v) is 14.0. The van der Waals surface area contributed by atoms with Gasteiger partial charge in [-0.05, 0) is 25.1 Å². The number of aromatic amines is 1. The molecule has 1 amide bonds. The van der Waals surface area contributed by atoms with E-state index in [-0.39, 0.29) is 17.1 Å². The van der Waals surface area contributed by atoms with Crippen LogP contribution in [-0.2, 0) is 6.54 Å². The smallest absolute Gasteiger partial charge is 0.272 e. The Morgan fingerprint density at radius 1 is 1.27 bits per heavy atom. The summed E-state index contributed by atoms with van der Waals surface area (Å²) in [6.07, 6.45) is 4.92. The zero-order valence-electron chi connectivity index (χ0n) is 14.0. The second kappa shape index (κ2) is 6.32. The number of benzene rings is 1. The summed E-state index contributed by atoms with van der Waals surface area (Å²) in [5.74, 6) is -0.337. The molecule has 3 aromatic heterocycles. The molecule has 3 heterocycles. The van der Waals surface area contributed by atoms with Gasteiger partial charge in [0.2, 0.25) is 0 Å². The molecule has 0 aliphatic rings. The number of aromatic nitrogens is 5. The van der Waals surface area contributed by atoms with E-state index in [0.717, 1.165) is 5.56 Å². The number of anilines is 1. The molecule has 0 aliphatic carbocycles. The second-order valence-corrected chi connectivity index (χ2v) is 5.96. The fraction of sp³-hybridized carbons (Fsp3) is 0.111. The van der Waals surface area contributed by atoms with Crippen LogP contribution in [0.1, 0.15) is 21.6 Å². The van der Waals surface area contributed by atoms with E-state index in [4.69, 9.17) is 0 Å². The van der Waals surface area contributed by atoms with E-state index in [1.165, 1.54) is 16.8 Å². The summed E-state index contributed by atoms with van der Waals surface area (Å²) >= 11 is 0. The number of nitrogens with zero attached hydrogens (tertiary/aromatic N) is 4. The average molecular weight is 348 g/mol. The van der Waals surface area contributed by atoms with Crippen molar-refractivity contribution in [2.24, 2.45) is 0 Å². The van der Waals surface area contributed by atoms with Gasteiger partial charge in [0.25, 0.3) is 11.5 Å². The van der Waals surface area contributed by atoms with Crippen molar-refractivity contribution in [3.8, 4) is 0 Å². The Labute approximate surface area is 148 Å². The van der Waals surface area contributed by atoms with E-state index in [1.54, 1.807) is 23.1 Å². The molecule has 0 fully saturated rings. The summed E-state index contributed by atoms with van der Waals surface area (Å²) in [6, 6.07) is 10.7. The number of hydrogen-bond donors (Lipinski definition) is 2. The van der Waals surface area contributed by atoms with E-state index in [0.29, 0.717) is 23.5 Å². The van der Waals surface area contributed by atoms with Crippen LogP contribution in [-0.4, -0.2) is 30.3 Å². The van der Waals surface area contributed by atoms with Crippen molar-refractivity contribution < 1.29 is 4.79 Å². The predicted octanol–water partition coefficient (Wildman–Crippen LogP) is 1.83. The lowest BCUT2D eigenvalue weighted by Gasteiger charge is -2.05. The van der Waals surface area contributed by atoms with Gasteiger partial charge in [-0.2, -0.15) is 5.10 Å². The summed E-state index contributed by atoms with van der Waals surface area (Å²) < 4.78 is 2.91. The van der Waals surface area contributed by atoms with E-state index in [2.05, 4.69) is 20.5 Å². The minimum atomic E-state index is -0.337. The maximum absolute atomic E-state index is 12.6. The Kier molecular flexibility index (Phi) is 3.85. The fourth-order valence-electron chi connectivity index (χ4n) is 2.67. The molecule has 4 aromatic rings. The van der Waals surface area contributed by atoms with Crippen LogP contribution >= 0.6 is 0 Å². The topological polar surface area (TPSA) is 97.1 Å². The van der Waals surface area contributed by atoms with Gasteiger partial charge in [0.15, 0.2) is 5.65 Å². The van der Waals surface area contributed by atoms with Crippen LogP contribution in [0.5, 0.6) is 0 Å². The standard InChI is InChI=1S/C18H16N6O2/c1-12-3-5-13(6-4-12)22-18(26)15-10-20-24-16(25)9-14(21-17(15)24)11-23-8-2-7-19-23/h2-10,20H,11H2,1H3,(H,22,26).